The minimum absolute atomic E-state index is 0.211. The average molecular weight is 249 g/mol. The van der Waals surface area contributed by atoms with E-state index in [4.69, 9.17) is 0 Å². The third-order valence-electron chi connectivity index (χ3n) is 2.97. The van der Waals surface area contributed by atoms with Crippen LogP contribution in [0, 0.1) is 0 Å². The molecule has 1 N–H and O–H groups in total. The molecule has 18 heavy (non-hydrogen) atoms. The molecule has 0 fully saturated rings. The van der Waals surface area contributed by atoms with E-state index in [0.717, 1.165) is 35.2 Å². The molecule has 0 atom stereocenters. The van der Waals surface area contributed by atoms with Crippen molar-refractivity contribution in [2.75, 3.05) is 5.32 Å². The van der Waals surface area contributed by atoms with E-state index in [-0.39, 0.29) is 11.6 Å². The number of carbonyl (C=O) groups excluding carboxylic acids is 2. The summed E-state index contributed by atoms with van der Waals surface area (Å²) < 4.78 is 0.829. The molecule has 1 aliphatic carbocycles. The molecule has 0 unspecified atom stereocenters. The summed E-state index contributed by atoms with van der Waals surface area (Å²) in [6, 6.07) is 0. The number of rotatable bonds is 1. The van der Waals surface area contributed by atoms with E-state index >= 15 is 0 Å². The standard InChI is InChI=1S/C12H15N3O3/c1-7(16)13-11-9-5-3-4-6-10(9)14-15(8(2)17)12(11)18/h3-6H2,1-2H3,(H,13,16). The second kappa shape index (κ2) is 4.72. The first-order valence-corrected chi connectivity index (χ1v) is 5.94. The predicted octanol–water partition coefficient (Wildman–Crippen LogP) is 0.741. The van der Waals surface area contributed by atoms with Crippen molar-refractivity contribution in [2.24, 2.45) is 0 Å². The molecular formula is C12H15N3O3. The van der Waals surface area contributed by atoms with Gasteiger partial charge in [-0.15, -0.1) is 0 Å². The van der Waals surface area contributed by atoms with Crippen LogP contribution in [-0.2, 0) is 17.6 Å². The molecule has 6 heteroatoms. The number of nitrogens with zero attached hydrogens (tertiary/aromatic N) is 2. The van der Waals surface area contributed by atoms with Crippen LogP contribution < -0.4 is 10.9 Å². The van der Waals surface area contributed by atoms with Gasteiger partial charge in [0.05, 0.1) is 5.69 Å². The Kier molecular flexibility index (Phi) is 3.27. The van der Waals surface area contributed by atoms with Crippen LogP contribution in [0.2, 0.25) is 0 Å². The third kappa shape index (κ3) is 2.18. The molecule has 2 rings (SSSR count). The maximum atomic E-state index is 12.1. The van der Waals surface area contributed by atoms with E-state index in [9.17, 15) is 14.4 Å². The van der Waals surface area contributed by atoms with Crippen LogP contribution in [-0.4, -0.2) is 21.6 Å². The van der Waals surface area contributed by atoms with Gasteiger partial charge in [-0.3, -0.25) is 14.4 Å². The highest BCUT2D eigenvalue weighted by atomic mass is 16.2. The molecule has 1 heterocycles. The van der Waals surface area contributed by atoms with Crippen molar-refractivity contribution < 1.29 is 9.59 Å². The van der Waals surface area contributed by atoms with Crippen molar-refractivity contribution in [3.05, 3.63) is 21.6 Å². The molecule has 6 nitrogen and oxygen atoms in total. The second-order valence-corrected chi connectivity index (χ2v) is 4.42. The van der Waals surface area contributed by atoms with E-state index in [1.54, 1.807) is 0 Å². The van der Waals surface area contributed by atoms with Crippen LogP contribution in [0.1, 0.15) is 42.7 Å². The lowest BCUT2D eigenvalue weighted by atomic mass is 9.95. The van der Waals surface area contributed by atoms with Crippen LogP contribution in [0.3, 0.4) is 0 Å². The molecule has 1 amide bonds. The maximum absolute atomic E-state index is 12.1. The van der Waals surface area contributed by atoms with Crippen LogP contribution in [0.5, 0.6) is 0 Å². The van der Waals surface area contributed by atoms with Gasteiger partial charge in [-0.05, 0) is 25.7 Å². The number of nitrogens with one attached hydrogen (secondary N) is 1. The highest BCUT2D eigenvalue weighted by molar-refractivity contribution is 5.90. The molecule has 1 aliphatic rings. The first kappa shape index (κ1) is 12.5. The zero-order chi connectivity index (χ0) is 13.3. The molecule has 0 saturated heterocycles. The summed E-state index contributed by atoms with van der Waals surface area (Å²) in [4.78, 5) is 34.6. The summed E-state index contributed by atoms with van der Waals surface area (Å²) >= 11 is 0. The zero-order valence-electron chi connectivity index (χ0n) is 10.4. The minimum atomic E-state index is -0.543. The van der Waals surface area contributed by atoms with Gasteiger partial charge in [0.15, 0.2) is 0 Å². The monoisotopic (exact) mass is 249 g/mol. The van der Waals surface area contributed by atoms with Gasteiger partial charge in [0, 0.05) is 19.4 Å². The van der Waals surface area contributed by atoms with Crippen molar-refractivity contribution in [3.63, 3.8) is 0 Å². The summed E-state index contributed by atoms with van der Waals surface area (Å²) in [5.74, 6) is -0.763. The second-order valence-electron chi connectivity index (χ2n) is 4.42. The zero-order valence-corrected chi connectivity index (χ0v) is 10.4. The minimum Gasteiger partial charge on any atom is -0.321 e. The lowest BCUT2D eigenvalue weighted by molar-refractivity contribution is -0.114. The van der Waals surface area contributed by atoms with Crippen molar-refractivity contribution in [3.8, 4) is 0 Å². The Bertz CT molecular complexity index is 575. The van der Waals surface area contributed by atoms with Crippen molar-refractivity contribution in [2.45, 2.75) is 39.5 Å². The van der Waals surface area contributed by atoms with Crippen molar-refractivity contribution in [1.82, 2.24) is 9.78 Å². The van der Waals surface area contributed by atoms with Gasteiger partial charge in [-0.1, -0.05) is 0 Å². The highest BCUT2D eigenvalue weighted by Gasteiger charge is 2.21. The van der Waals surface area contributed by atoms with Gasteiger partial charge in [-0.2, -0.15) is 9.78 Å². The van der Waals surface area contributed by atoms with Gasteiger partial charge in [0.2, 0.25) is 11.8 Å². The van der Waals surface area contributed by atoms with E-state index in [1.807, 2.05) is 0 Å². The molecule has 1 aromatic rings. The number of amides is 1. The molecule has 0 bridgehead atoms. The number of fused-ring (bicyclic) bond motifs is 1. The lowest BCUT2D eigenvalue weighted by Crippen LogP contribution is -2.34. The van der Waals surface area contributed by atoms with Crippen LogP contribution in [0.25, 0.3) is 0 Å². The summed E-state index contributed by atoms with van der Waals surface area (Å²) in [5, 5.41) is 6.62. The summed E-state index contributed by atoms with van der Waals surface area (Å²) in [5.41, 5.74) is 1.18. The predicted molar refractivity (Wildman–Crippen MR) is 65.7 cm³/mol. The normalized spacial score (nSPS) is 13.9. The summed E-state index contributed by atoms with van der Waals surface area (Å²) in [7, 11) is 0. The number of hydrogen-bond acceptors (Lipinski definition) is 4. The van der Waals surface area contributed by atoms with Gasteiger partial charge in [-0.25, -0.2) is 0 Å². The first-order valence-electron chi connectivity index (χ1n) is 5.94. The van der Waals surface area contributed by atoms with Crippen LogP contribution in [0.15, 0.2) is 4.79 Å². The molecule has 0 radical (unpaired) electrons. The SMILES string of the molecule is CC(=O)Nc1c2c(nn(C(C)=O)c1=O)CCCC2. The maximum Gasteiger partial charge on any atom is 0.298 e. The quantitative estimate of drug-likeness (QED) is 0.796. The van der Waals surface area contributed by atoms with Crippen molar-refractivity contribution in [1.29, 1.82) is 0 Å². The number of carbonyl (C=O) groups is 2. The Morgan fingerprint density at radius 3 is 2.50 bits per heavy atom. The Morgan fingerprint density at radius 2 is 1.89 bits per heavy atom. The van der Waals surface area contributed by atoms with Crippen molar-refractivity contribution >= 4 is 17.5 Å². The fourth-order valence-corrected chi connectivity index (χ4v) is 2.19. The van der Waals surface area contributed by atoms with E-state index < -0.39 is 11.5 Å². The Labute approximate surface area is 104 Å². The van der Waals surface area contributed by atoms with Gasteiger partial charge < -0.3 is 5.32 Å². The molecular weight excluding hydrogens is 234 g/mol. The van der Waals surface area contributed by atoms with E-state index in [1.165, 1.54) is 13.8 Å². The van der Waals surface area contributed by atoms with E-state index in [0.29, 0.717) is 6.42 Å². The first-order chi connectivity index (χ1) is 8.50. The summed E-state index contributed by atoms with van der Waals surface area (Å²) in [6.07, 6.45) is 3.39. The summed E-state index contributed by atoms with van der Waals surface area (Å²) in [6.45, 7) is 2.62. The fraction of sp³-hybridized carbons (Fsp3) is 0.500. The number of anilines is 1. The lowest BCUT2D eigenvalue weighted by Gasteiger charge is -2.19. The molecule has 96 valence electrons. The molecule has 0 saturated carbocycles. The fourth-order valence-electron chi connectivity index (χ4n) is 2.19. The van der Waals surface area contributed by atoms with E-state index in [2.05, 4.69) is 10.4 Å². The van der Waals surface area contributed by atoms with Gasteiger partial charge in [0.1, 0.15) is 5.69 Å². The topological polar surface area (TPSA) is 81.1 Å². The number of aromatic nitrogens is 2. The highest BCUT2D eigenvalue weighted by Crippen LogP contribution is 2.23. The molecule has 0 spiro atoms. The van der Waals surface area contributed by atoms with Crippen LogP contribution in [0.4, 0.5) is 5.69 Å². The number of hydrogen-bond donors (Lipinski definition) is 1. The largest absolute Gasteiger partial charge is 0.321 e. The number of aryl methyl sites for hydroxylation is 1. The van der Waals surface area contributed by atoms with Crippen LogP contribution >= 0.6 is 0 Å². The Hall–Kier alpha value is -1.98. The third-order valence-corrected chi connectivity index (χ3v) is 2.97. The molecule has 1 aromatic heterocycles. The Balaban J connectivity index is 2.66. The smallest absolute Gasteiger partial charge is 0.298 e. The Morgan fingerprint density at radius 1 is 1.22 bits per heavy atom. The van der Waals surface area contributed by atoms with Gasteiger partial charge >= 0.3 is 0 Å². The molecule has 0 aromatic carbocycles. The average Bonchev–Trinajstić information content (AvgIpc) is 2.31. The molecule has 0 aliphatic heterocycles. The van der Waals surface area contributed by atoms with Gasteiger partial charge in [0.25, 0.3) is 5.56 Å².